The molecule has 1 aliphatic rings. The number of urea groups is 1. The van der Waals surface area contributed by atoms with Crippen LogP contribution >= 0.6 is 11.8 Å². The lowest BCUT2D eigenvalue weighted by atomic mass is 10.1. The number of likely N-dealkylation sites (N-methyl/N-ethyl adjacent to an activating group) is 1. The van der Waals surface area contributed by atoms with E-state index < -0.39 is 12.1 Å². The summed E-state index contributed by atoms with van der Waals surface area (Å²) < 4.78 is 0. The Hall–Kier alpha value is -0.950. The zero-order valence-corrected chi connectivity index (χ0v) is 12.7. The number of primary amides is 1. The molecule has 1 aliphatic heterocycles. The van der Waals surface area contributed by atoms with E-state index in [-0.39, 0.29) is 11.9 Å². The first-order valence-electron chi connectivity index (χ1n) is 6.49. The van der Waals surface area contributed by atoms with Crippen LogP contribution in [0, 0.1) is 0 Å². The highest BCUT2D eigenvalue weighted by Gasteiger charge is 2.31. The normalized spacial score (nSPS) is 22.1. The number of nitrogens with zero attached hydrogens (tertiary/aromatic N) is 2. The molecule has 0 aromatic heterocycles. The summed E-state index contributed by atoms with van der Waals surface area (Å²) in [6.07, 6.45) is 2.59. The summed E-state index contributed by atoms with van der Waals surface area (Å²) in [7, 11) is 2.05. The molecule has 1 heterocycles. The lowest BCUT2D eigenvalue weighted by Crippen LogP contribution is -2.58. The molecule has 0 radical (unpaired) electrons. The molecular weight excluding hydrogens is 264 g/mol. The van der Waals surface area contributed by atoms with E-state index in [2.05, 4.69) is 10.2 Å². The van der Waals surface area contributed by atoms with Crippen molar-refractivity contribution in [1.82, 2.24) is 15.1 Å². The van der Waals surface area contributed by atoms with Crippen LogP contribution in [-0.4, -0.2) is 72.5 Å². The number of carbonyl (C=O) groups is 2. The van der Waals surface area contributed by atoms with Gasteiger partial charge in [0.25, 0.3) is 0 Å². The number of thioether (sulfide) groups is 1. The van der Waals surface area contributed by atoms with Crippen LogP contribution in [0.1, 0.15) is 13.3 Å². The standard InChI is InChI=1S/C12H24N4O2S/c1-9-8-15(2)5-6-16(9)11(17)10(4-7-19-3)14-12(13)18/h9-10H,4-8H2,1-3H3,(H3,13,14,18)/t9-,10-/m0/s1. The Kier molecular flexibility index (Phi) is 6.44. The SMILES string of the molecule is CSCC[C@H](NC(N)=O)C(=O)N1CCN(C)C[C@@H]1C. The van der Waals surface area contributed by atoms with Crippen LogP contribution in [0.3, 0.4) is 0 Å². The fourth-order valence-electron chi connectivity index (χ4n) is 2.33. The number of nitrogens with two attached hydrogens (primary N) is 1. The molecule has 3 N–H and O–H groups in total. The lowest BCUT2D eigenvalue weighted by molar-refractivity contribution is -0.137. The predicted molar refractivity (Wildman–Crippen MR) is 78.2 cm³/mol. The highest BCUT2D eigenvalue weighted by molar-refractivity contribution is 7.98. The first-order chi connectivity index (χ1) is 8.95. The summed E-state index contributed by atoms with van der Waals surface area (Å²) in [6, 6.07) is -0.977. The highest BCUT2D eigenvalue weighted by atomic mass is 32.2. The van der Waals surface area contributed by atoms with Gasteiger partial charge in [-0.15, -0.1) is 0 Å². The van der Waals surface area contributed by atoms with Crippen LogP contribution in [0.5, 0.6) is 0 Å². The second-order valence-electron chi connectivity index (χ2n) is 4.99. The third kappa shape index (κ3) is 4.91. The number of piperazine rings is 1. The number of hydrogen-bond donors (Lipinski definition) is 2. The van der Waals surface area contributed by atoms with Gasteiger partial charge in [-0.2, -0.15) is 11.8 Å². The summed E-state index contributed by atoms with van der Waals surface area (Å²) in [6.45, 7) is 4.45. The van der Waals surface area contributed by atoms with E-state index in [0.717, 1.165) is 18.8 Å². The van der Waals surface area contributed by atoms with Gasteiger partial charge in [-0.1, -0.05) is 0 Å². The van der Waals surface area contributed by atoms with Gasteiger partial charge in [-0.3, -0.25) is 4.79 Å². The van der Waals surface area contributed by atoms with Gasteiger partial charge >= 0.3 is 6.03 Å². The van der Waals surface area contributed by atoms with Crippen molar-refractivity contribution in [2.75, 3.05) is 38.7 Å². The molecule has 1 saturated heterocycles. The maximum Gasteiger partial charge on any atom is 0.312 e. The van der Waals surface area contributed by atoms with E-state index in [1.807, 2.05) is 25.1 Å². The Morgan fingerprint density at radius 3 is 2.68 bits per heavy atom. The largest absolute Gasteiger partial charge is 0.352 e. The number of hydrogen-bond acceptors (Lipinski definition) is 4. The van der Waals surface area contributed by atoms with Gasteiger partial charge < -0.3 is 20.9 Å². The molecule has 1 fully saturated rings. The Morgan fingerprint density at radius 1 is 1.47 bits per heavy atom. The van der Waals surface area contributed by atoms with Crippen molar-refractivity contribution in [2.45, 2.75) is 25.4 Å². The van der Waals surface area contributed by atoms with E-state index in [4.69, 9.17) is 5.73 Å². The second-order valence-corrected chi connectivity index (χ2v) is 5.97. The van der Waals surface area contributed by atoms with Crippen molar-refractivity contribution in [3.05, 3.63) is 0 Å². The third-order valence-corrected chi connectivity index (χ3v) is 3.98. The van der Waals surface area contributed by atoms with E-state index in [1.165, 1.54) is 0 Å². The van der Waals surface area contributed by atoms with Crippen LogP contribution in [0.4, 0.5) is 4.79 Å². The smallest absolute Gasteiger partial charge is 0.312 e. The number of amides is 3. The molecule has 0 spiro atoms. The third-order valence-electron chi connectivity index (χ3n) is 3.34. The second kappa shape index (κ2) is 7.59. The molecule has 2 atom stereocenters. The molecule has 0 aromatic rings. The topological polar surface area (TPSA) is 78.7 Å². The summed E-state index contributed by atoms with van der Waals surface area (Å²) in [5.74, 6) is 0.798. The fraction of sp³-hybridized carbons (Fsp3) is 0.833. The predicted octanol–water partition coefficient (Wildman–Crippen LogP) is -0.0611. The average Bonchev–Trinajstić information content (AvgIpc) is 2.33. The lowest BCUT2D eigenvalue weighted by Gasteiger charge is -2.39. The van der Waals surface area contributed by atoms with Gasteiger partial charge in [0, 0.05) is 25.7 Å². The maximum atomic E-state index is 12.5. The zero-order valence-electron chi connectivity index (χ0n) is 11.9. The number of rotatable bonds is 5. The maximum absolute atomic E-state index is 12.5. The van der Waals surface area contributed by atoms with E-state index in [9.17, 15) is 9.59 Å². The highest BCUT2D eigenvalue weighted by Crippen LogP contribution is 2.12. The van der Waals surface area contributed by atoms with Crippen LogP contribution in [0.2, 0.25) is 0 Å². The molecule has 7 heteroatoms. The van der Waals surface area contributed by atoms with Crippen LogP contribution in [-0.2, 0) is 4.79 Å². The molecular formula is C12H24N4O2S. The van der Waals surface area contributed by atoms with Gasteiger partial charge in [0.1, 0.15) is 6.04 Å². The number of nitrogens with one attached hydrogen (secondary N) is 1. The summed E-state index contributed by atoms with van der Waals surface area (Å²) >= 11 is 1.65. The Balaban J connectivity index is 2.66. The molecule has 19 heavy (non-hydrogen) atoms. The Morgan fingerprint density at radius 2 is 2.16 bits per heavy atom. The quantitative estimate of drug-likeness (QED) is 0.743. The Labute approximate surface area is 119 Å². The number of carbonyl (C=O) groups excluding carboxylic acids is 2. The van der Waals surface area contributed by atoms with Crippen LogP contribution < -0.4 is 11.1 Å². The van der Waals surface area contributed by atoms with Crippen molar-refractivity contribution in [2.24, 2.45) is 5.73 Å². The first-order valence-corrected chi connectivity index (χ1v) is 7.89. The minimum absolute atomic E-state index is 0.0200. The van der Waals surface area contributed by atoms with Crippen molar-refractivity contribution in [1.29, 1.82) is 0 Å². The zero-order chi connectivity index (χ0) is 14.4. The average molecular weight is 288 g/mol. The minimum Gasteiger partial charge on any atom is -0.352 e. The summed E-state index contributed by atoms with van der Waals surface area (Å²) in [4.78, 5) is 27.6. The molecule has 0 unspecified atom stereocenters. The molecule has 0 aromatic carbocycles. The van der Waals surface area contributed by atoms with Crippen molar-refractivity contribution >= 4 is 23.7 Å². The fourth-order valence-corrected chi connectivity index (χ4v) is 2.80. The molecule has 6 nitrogen and oxygen atoms in total. The van der Waals surface area contributed by atoms with Crippen molar-refractivity contribution in [3.8, 4) is 0 Å². The van der Waals surface area contributed by atoms with Gasteiger partial charge in [0.2, 0.25) is 5.91 Å². The van der Waals surface area contributed by atoms with Crippen LogP contribution in [0.25, 0.3) is 0 Å². The van der Waals surface area contributed by atoms with Gasteiger partial charge in [0.05, 0.1) is 0 Å². The van der Waals surface area contributed by atoms with Gasteiger partial charge in [-0.05, 0) is 32.4 Å². The molecule has 0 saturated carbocycles. The van der Waals surface area contributed by atoms with E-state index >= 15 is 0 Å². The Bertz CT molecular complexity index is 327. The van der Waals surface area contributed by atoms with E-state index in [0.29, 0.717) is 13.0 Å². The van der Waals surface area contributed by atoms with Gasteiger partial charge in [-0.25, -0.2) is 4.79 Å². The summed E-state index contributed by atoms with van der Waals surface area (Å²) in [5, 5.41) is 2.56. The molecule has 1 rings (SSSR count). The van der Waals surface area contributed by atoms with Crippen LogP contribution in [0.15, 0.2) is 0 Å². The van der Waals surface area contributed by atoms with Crippen molar-refractivity contribution < 1.29 is 9.59 Å². The van der Waals surface area contributed by atoms with Crippen molar-refractivity contribution in [3.63, 3.8) is 0 Å². The minimum atomic E-state index is -0.638. The monoisotopic (exact) mass is 288 g/mol. The summed E-state index contributed by atoms with van der Waals surface area (Å²) in [5.41, 5.74) is 5.15. The molecule has 0 aliphatic carbocycles. The molecule has 110 valence electrons. The first kappa shape index (κ1) is 16.1. The molecule has 0 bridgehead atoms. The van der Waals surface area contributed by atoms with Gasteiger partial charge in [0.15, 0.2) is 0 Å². The molecule has 3 amide bonds. The van der Waals surface area contributed by atoms with E-state index in [1.54, 1.807) is 11.8 Å².